The number of hydrogen-bond acceptors (Lipinski definition) is 4. The van der Waals surface area contributed by atoms with Crippen LogP contribution in [0.25, 0.3) is 0 Å². The summed E-state index contributed by atoms with van der Waals surface area (Å²) in [7, 11) is 3.73. The number of allylic oxidation sites excluding steroid dienone is 1. The molecular formula is C7H14N4. The maximum absolute atomic E-state index is 8.55. The van der Waals surface area contributed by atoms with Crippen LogP contribution in [0.15, 0.2) is 11.9 Å². The quantitative estimate of drug-likeness (QED) is 0.443. The minimum absolute atomic E-state index is 0.511. The van der Waals surface area contributed by atoms with E-state index in [0.717, 1.165) is 6.54 Å². The van der Waals surface area contributed by atoms with Crippen molar-refractivity contribution < 1.29 is 0 Å². The minimum Gasteiger partial charge on any atom is -0.381 e. The van der Waals surface area contributed by atoms with E-state index in [1.54, 1.807) is 6.20 Å². The van der Waals surface area contributed by atoms with E-state index < -0.39 is 0 Å². The van der Waals surface area contributed by atoms with E-state index in [4.69, 9.17) is 5.26 Å². The molecule has 0 aliphatic rings. The fourth-order valence-electron chi connectivity index (χ4n) is 0.531. The lowest BCUT2D eigenvalue weighted by Crippen LogP contribution is -2.30. The van der Waals surface area contributed by atoms with Crippen LogP contribution in [-0.4, -0.2) is 25.5 Å². The Kier molecular flexibility index (Phi) is 4.95. The average molecular weight is 154 g/mol. The van der Waals surface area contributed by atoms with Crippen molar-refractivity contribution in [3.63, 3.8) is 0 Å². The average Bonchev–Trinajstić information content (AvgIpc) is 1.97. The molecule has 0 saturated carbocycles. The van der Waals surface area contributed by atoms with Crippen LogP contribution in [0, 0.1) is 11.3 Å². The first-order chi connectivity index (χ1) is 5.20. The van der Waals surface area contributed by atoms with Gasteiger partial charge in [0, 0.05) is 26.8 Å². The summed E-state index contributed by atoms with van der Waals surface area (Å²) in [5.74, 6) is 0. The predicted molar refractivity (Wildman–Crippen MR) is 44.2 cm³/mol. The molecule has 0 rings (SSSR count). The van der Waals surface area contributed by atoms with Gasteiger partial charge in [-0.2, -0.15) is 5.26 Å². The van der Waals surface area contributed by atoms with Crippen molar-refractivity contribution in [1.29, 1.82) is 5.26 Å². The molecule has 0 atom stereocenters. The van der Waals surface area contributed by atoms with Gasteiger partial charge in [0.25, 0.3) is 0 Å². The molecule has 0 aromatic rings. The zero-order valence-corrected chi connectivity index (χ0v) is 7.18. The predicted octanol–water partition coefficient (Wildman–Crippen LogP) is 0.0271. The Hall–Kier alpha value is -1.21. The molecule has 4 nitrogen and oxygen atoms in total. The monoisotopic (exact) mass is 154 g/mol. The molecule has 0 aromatic heterocycles. The number of nitrogens with zero attached hydrogens (tertiary/aromatic N) is 2. The van der Waals surface area contributed by atoms with Crippen molar-refractivity contribution in [3.8, 4) is 6.07 Å². The number of hydrogen-bond donors (Lipinski definition) is 2. The highest BCUT2D eigenvalue weighted by Gasteiger charge is 1.91. The number of hydrazine groups is 1. The van der Waals surface area contributed by atoms with Crippen molar-refractivity contribution in [3.05, 3.63) is 11.9 Å². The van der Waals surface area contributed by atoms with Crippen molar-refractivity contribution in [2.75, 3.05) is 20.6 Å². The molecule has 0 fully saturated rings. The Balaban J connectivity index is 3.87. The Morgan fingerprint density at radius 2 is 2.27 bits per heavy atom. The summed E-state index contributed by atoms with van der Waals surface area (Å²) in [5.41, 5.74) is 6.11. The van der Waals surface area contributed by atoms with Crippen molar-refractivity contribution >= 4 is 0 Å². The van der Waals surface area contributed by atoms with Crippen LogP contribution in [0.2, 0.25) is 0 Å². The third kappa shape index (κ3) is 5.25. The standard InChI is InChI=1S/C7H14N4/c1-4-9-10-7(5-8)6-11(2)3/h6,9-10H,4H2,1-3H3. The summed E-state index contributed by atoms with van der Waals surface area (Å²) in [6, 6.07) is 2.01. The van der Waals surface area contributed by atoms with E-state index in [1.165, 1.54) is 0 Å². The van der Waals surface area contributed by atoms with Gasteiger partial charge in [-0.3, -0.25) is 0 Å². The van der Waals surface area contributed by atoms with Gasteiger partial charge in [0.15, 0.2) is 0 Å². The van der Waals surface area contributed by atoms with Gasteiger partial charge in [-0.25, -0.2) is 5.43 Å². The van der Waals surface area contributed by atoms with E-state index in [1.807, 2.05) is 32.0 Å². The Bertz CT molecular complexity index is 166. The highest BCUT2D eigenvalue weighted by molar-refractivity contribution is 5.16. The second-order valence-corrected chi connectivity index (χ2v) is 2.27. The van der Waals surface area contributed by atoms with Gasteiger partial charge >= 0.3 is 0 Å². The fourth-order valence-corrected chi connectivity index (χ4v) is 0.531. The van der Waals surface area contributed by atoms with Crippen LogP contribution in [0.3, 0.4) is 0 Å². The van der Waals surface area contributed by atoms with Gasteiger partial charge in [-0.1, -0.05) is 6.92 Å². The van der Waals surface area contributed by atoms with E-state index >= 15 is 0 Å². The third-order valence-corrected chi connectivity index (χ3v) is 0.908. The molecule has 4 heteroatoms. The van der Waals surface area contributed by atoms with Gasteiger partial charge in [0.05, 0.1) is 0 Å². The van der Waals surface area contributed by atoms with E-state index in [-0.39, 0.29) is 0 Å². The molecule has 62 valence electrons. The lowest BCUT2D eigenvalue weighted by Gasteiger charge is -2.08. The zero-order chi connectivity index (χ0) is 8.69. The molecule has 0 aliphatic carbocycles. The van der Waals surface area contributed by atoms with Crippen molar-refractivity contribution in [2.24, 2.45) is 0 Å². The molecule has 0 aliphatic heterocycles. The van der Waals surface area contributed by atoms with E-state index in [2.05, 4.69) is 10.9 Å². The molecule has 11 heavy (non-hydrogen) atoms. The van der Waals surface area contributed by atoms with Crippen molar-refractivity contribution in [2.45, 2.75) is 6.92 Å². The van der Waals surface area contributed by atoms with Crippen LogP contribution >= 0.6 is 0 Å². The molecule has 0 heterocycles. The lowest BCUT2D eigenvalue weighted by atomic mass is 10.5. The number of nitrogens with one attached hydrogen (secondary N) is 2. The number of rotatable bonds is 4. The van der Waals surface area contributed by atoms with Gasteiger partial charge in [0.1, 0.15) is 11.8 Å². The van der Waals surface area contributed by atoms with Crippen LogP contribution < -0.4 is 10.9 Å². The molecule has 0 radical (unpaired) electrons. The summed E-state index contributed by atoms with van der Waals surface area (Å²) < 4.78 is 0. The number of nitriles is 1. The van der Waals surface area contributed by atoms with Crippen molar-refractivity contribution in [1.82, 2.24) is 15.8 Å². The summed E-state index contributed by atoms with van der Waals surface area (Å²) in [6.07, 6.45) is 1.71. The van der Waals surface area contributed by atoms with Gasteiger partial charge in [-0.05, 0) is 0 Å². The van der Waals surface area contributed by atoms with Crippen LogP contribution in [0.5, 0.6) is 0 Å². The van der Waals surface area contributed by atoms with Gasteiger partial charge < -0.3 is 10.3 Å². The molecule has 0 aromatic carbocycles. The molecular weight excluding hydrogens is 140 g/mol. The maximum Gasteiger partial charge on any atom is 0.143 e. The SMILES string of the molecule is CCNNC(C#N)=CN(C)C. The summed E-state index contributed by atoms with van der Waals surface area (Å²) in [5, 5.41) is 8.55. The topological polar surface area (TPSA) is 51.1 Å². The Morgan fingerprint density at radius 3 is 2.64 bits per heavy atom. The molecule has 2 N–H and O–H groups in total. The molecule has 0 spiro atoms. The molecule has 0 amide bonds. The zero-order valence-electron chi connectivity index (χ0n) is 7.18. The second kappa shape index (κ2) is 5.57. The fraction of sp³-hybridized carbons (Fsp3) is 0.571. The third-order valence-electron chi connectivity index (χ3n) is 0.908. The van der Waals surface area contributed by atoms with Gasteiger partial charge in [0.2, 0.25) is 0 Å². The first-order valence-electron chi connectivity index (χ1n) is 3.48. The minimum atomic E-state index is 0.511. The molecule has 0 saturated heterocycles. The molecule has 0 unspecified atom stereocenters. The highest BCUT2D eigenvalue weighted by Crippen LogP contribution is 1.85. The first-order valence-corrected chi connectivity index (χ1v) is 3.48. The van der Waals surface area contributed by atoms with Gasteiger partial charge in [-0.15, -0.1) is 0 Å². The lowest BCUT2D eigenvalue weighted by molar-refractivity contribution is 0.542. The summed E-state index contributed by atoms with van der Waals surface area (Å²) >= 11 is 0. The molecule has 0 bridgehead atoms. The summed E-state index contributed by atoms with van der Waals surface area (Å²) in [6.45, 7) is 2.74. The largest absolute Gasteiger partial charge is 0.381 e. The van der Waals surface area contributed by atoms with Crippen LogP contribution in [-0.2, 0) is 0 Å². The second-order valence-electron chi connectivity index (χ2n) is 2.27. The Labute approximate surface area is 67.5 Å². The van der Waals surface area contributed by atoms with Crippen LogP contribution in [0.1, 0.15) is 6.92 Å². The summed E-state index contributed by atoms with van der Waals surface area (Å²) in [4.78, 5) is 1.81. The Morgan fingerprint density at radius 1 is 1.64 bits per heavy atom. The smallest absolute Gasteiger partial charge is 0.143 e. The van der Waals surface area contributed by atoms with Crippen LogP contribution in [0.4, 0.5) is 0 Å². The van der Waals surface area contributed by atoms with E-state index in [9.17, 15) is 0 Å². The highest BCUT2D eigenvalue weighted by atomic mass is 15.4. The van der Waals surface area contributed by atoms with E-state index in [0.29, 0.717) is 5.70 Å². The maximum atomic E-state index is 8.55. The normalized spacial score (nSPS) is 10.5. The first kappa shape index (κ1) is 9.79.